The Hall–Kier alpha value is -8.45. The predicted molar refractivity (Wildman–Crippen MR) is 346 cm³/mol. The largest absolute Gasteiger partial charge is 0.372 e. The number of nitrogens with zero attached hydrogens (tertiary/aromatic N) is 2. The van der Waals surface area contributed by atoms with Gasteiger partial charge >= 0.3 is 0 Å². The molecule has 0 spiro atoms. The highest BCUT2D eigenvalue weighted by Gasteiger charge is 2.30. The summed E-state index contributed by atoms with van der Waals surface area (Å²) in [5.74, 6) is -1.35. The van der Waals surface area contributed by atoms with Gasteiger partial charge in [-0.1, -0.05) is 92.7 Å². The molecule has 22 heteroatoms. The predicted octanol–water partition coefficient (Wildman–Crippen LogP) is 11.7. The molecule has 9 aromatic rings. The molecule has 11 rings (SSSR count). The van der Waals surface area contributed by atoms with Crippen LogP contribution >= 0.6 is 0 Å². The average Bonchev–Trinajstić information content (AvgIpc) is 3.55. The van der Waals surface area contributed by atoms with Crippen LogP contribution in [0.15, 0.2) is 219 Å². The van der Waals surface area contributed by atoms with Crippen molar-refractivity contribution in [1.82, 2.24) is 24.8 Å². The molecular weight excluding hydrogens is 1220 g/mol. The third-order valence-corrected chi connectivity index (χ3v) is 20.7. The van der Waals surface area contributed by atoms with Gasteiger partial charge in [-0.05, 0) is 218 Å². The number of hydrogen-bond acceptors (Lipinski definition) is 10. The lowest BCUT2D eigenvalue weighted by molar-refractivity contribution is 0.413. The Bertz CT molecular complexity index is 4960. The maximum absolute atomic E-state index is 12.4. The summed E-state index contributed by atoms with van der Waals surface area (Å²) in [6.07, 6.45) is 10.1. The van der Waals surface area contributed by atoms with Crippen LogP contribution < -0.4 is 16.0 Å². The fourth-order valence-electron chi connectivity index (χ4n) is 12.4. The molecule has 90 heavy (non-hydrogen) atoms. The third-order valence-electron chi connectivity index (χ3n) is 17.2. The van der Waals surface area contributed by atoms with E-state index in [0.717, 1.165) is 94.7 Å². The number of allylic oxidation sites excluding steroid dienone is 1. The molecule has 6 atom stereocenters. The van der Waals surface area contributed by atoms with Crippen LogP contribution in [0.1, 0.15) is 127 Å². The van der Waals surface area contributed by atoms with Crippen molar-refractivity contribution in [3.63, 3.8) is 0 Å². The van der Waals surface area contributed by atoms with Crippen molar-refractivity contribution >= 4 is 57.6 Å². The van der Waals surface area contributed by atoms with Crippen molar-refractivity contribution < 1.29 is 51.9 Å². The van der Waals surface area contributed by atoms with Gasteiger partial charge in [0.2, 0.25) is 0 Å². The smallest absolute Gasteiger partial charge is 0.294 e. The molecular formula is C68H68N6O12S4. The molecule has 6 unspecified atom stereocenters. The van der Waals surface area contributed by atoms with Gasteiger partial charge in [-0.3, -0.25) is 23.2 Å². The van der Waals surface area contributed by atoms with E-state index in [-0.39, 0.29) is 55.2 Å². The number of aromatic nitrogens is 4. The van der Waals surface area contributed by atoms with E-state index in [1.807, 2.05) is 58.0 Å². The van der Waals surface area contributed by atoms with Gasteiger partial charge in [0, 0.05) is 23.6 Å². The van der Waals surface area contributed by atoms with E-state index in [1.54, 1.807) is 48.5 Å². The average molecular weight is 1290 g/mol. The highest BCUT2D eigenvalue weighted by Crippen LogP contribution is 2.45. The molecule has 0 bridgehead atoms. The summed E-state index contributed by atoms with van der Waals surface area (Å²) in [6.45, 7) is 8.49. The molecule has 18 nitrogen and oxygen atoms in total. The molecule has 466 valence electrons. The van der Waals surface area contributed by atoms with E-state index >= 15 is 0 Å². The van der Waals surface area contributed by atoms with Crippen molar-refractivity contribution in [2.24, 2.45) is 4.99 Å². The second-order valence-electron chi connectivity index (χ2n) is 23.5. The van der Waals surface area contributed by atoms with Crippen molar-refractivity contribution in [2.45, 2.75) is 115 Å². The zero-order valence-corrected chi connectivity index (χ0v) is 52.8. The van der Waals surface area contributed by atoms with Gasteiger partial charge in [0.25, 0.3) is 40.5 Å². The van der Waals surface area contributed by atoms with E-state index < -0.39 is 40.5 Å². The second-order valence-corrected chi connectivity index (χ2v) is 29.2. The topological polar surface area (TPSA) is 294 Å². The zero-order chi connectivity index (χ0) is 63.9. The molecule has 4 aromatic heterocycles. The van der Waals surface area contributed by atoms with Crippen LogP contribution in [0.3, 0.4) is 0 Å². The van der Waals surface area contributed by atoms with Crippen molar-refractivity contribution in [3.05, 3.63) is 260 Å². The summed E-state index contributed by atoms with van der Waals surface area (Å²) >= 11 is 0. The van der Waals surface area contributed by atoms with E-state index in [0.29, 0.717) is 32.2 Å². The first-order valence-corrected chi connectivity index (χ1v) is 35.0. The fraction of sp³-hybridized carbons (Fsp3) is 0.221. The van der Waals surface area contributed by atoms with E-state index in [2.05, 4.69) is 96.6 Å². The maximum Gasteiger partial charge on any atom is 0.294 e. The molecule has 2 aliphatic rings. The highest BCUT2D eigenvalue weighted by molar-refractivity contribution is 7.86. The van der Waals surface area contributed by atoms with Crippen LogP contribution in [0.25, 0.3) is 22.8 Å². The third kappa shape index (κ3) is 14.6. The van der Waals surface area contributed by atoms with Crippen LogP contribution in [0.4, 0.5) is 0 Å². The minimum atomic E-state index is -4.58. The molecule has 5 aromatic carbocycles. The first-order chi connectivity index (χ1) is 42.7. The minimum Gasteiger partial charge on any atom is -0.372 e. The summed E-state index contributed by atoms with van der Waals surface area (Å²) in [5, 5.41) is 7.50. The van der Waals surface area contributed by atoms with Gasteiger partial charge in [0.1, 0.15) is 0 Å². The van der Waals surface area contributed by atoms with Crippen LogP contribution in [0, 0.1) is 17.6 Å². The molecule has 2 aliphatic heterocycles. The molecule has 0 aliphatic carbocycles. The number of hydrogen-bond donors (Lipinski definition) is 8. The SMILES string of the molecule is CC1=N/C(=c2\cc/c(=c3/cc/c(=C4/C=CC(c5ccc(-c6ccc(C)[nH]6)n5Cc5ccc(C(CC(C)c6ccc(S(=O)(=O)O)cc6)CC(CC(CC(C)c6ccc(S(=O)(=O)O)cc6)c6ccc(S(=O)(=O)O)cc6)c6ccc(S(=O)(=O)O)cc6)cc5)N4)[nH]3)[nH]2)C=C1. The Morgan fingerprint density at radius 1 is 0.444 bits per heavy atom. The Morgan fingerprint density at radius 3 is 1.30 bits per heavy atom. The van der Waals surface area contributed by atoms with Crippen LogP contribution in [-0.4, -0.2) is 77.1 Å². The number of H-pyrrole nitrogens is 3. The van der Waals surface area contributed by atoms with Crippen LogP contribution in [0.5, 0.6) is 0 Å². The number of aliphatic imine (C=N–C) groups is 1. The van der Waals surface area contributed by atoms with Gasteiger partial charge in [-0.2, -0.15) is 33.7 Å². The van der Waals surface area contributed by atoms with Crippen LogP contribution in [0.2, 0.25) is 0 Å². The van der Waals surface area contributed by atoms with Gasteiger partial charge in [0.05, 0.1) is 69.8 Å². The van der Waals surface area contributed by atoms with Gasteiger partial charge in [-0.25, -0.2) is 0 Å². The fourth-order valence-corrected chi connectivity index (χ4v) is 14.3. The van der Waals surface area contributed by atoms with Gasteiger partial charge in [-0.15, -0.1) is 0 Å². The molecule has 0 amide bonds. The molecule has 0 fully saturated rings. The summed E-state index contributed by atoms with van der Waals surface area (Å²) in [5.41, 5.74) is 11.8. The number of aryl methyl sites for hydroxylation is 1. The van der Waals surface area contributed by atoms with E-state index in [1.165, 1.54) is 48.5 Å². The molecule has 0 saturated heterocycles. The zero-order valence-electron chi connectivity index (χ0n) is 49.6. The Kier molecular flexibility index (Phi) is 17.8. The van der Waals surface area contributed by atoms with Gasteiger partial charge in [0.15, 0.2) is 0 Å². The molecule has 8 N–H and O–H groups in total. The maximum atomic E-state index is 12.4. The number of benzene rings is 5. The first-order valence-electron chi connectivity index (χ1n) is 29.3. The number of nitrogens with one attached hydrogen (secondary N) is 4. The number of rotatable bonds is 21. The van der Waals surface area contributed by atoms with Crippen molar-refractivity contribution in [1.29, 1.82) is 0 Å². The molecule has 6 heterocycles. The monoisotopic (exact) mass is 1290 g/mol. The lowest BCUT2D eigenvalue weighted by Crippen LogP contribution is -2.21. The lowest BCUT2D eigenvalue weighted by Gasteiger charge is -2.31. The lowest BCUT2D eigenvalue weighted by atomic mass is 9.73. The Balaban J connectivity index is 0.948. The van der Waals surface area contributed by atoms with Gasteiger partial charge < -0.3 is 24.8 Å². The first kappa shape index (κ1) is 63.1. The van der Waals surface area contributed by atoms with Crippen molar-refractivity contribution in [2.75, 3.05) is 0 Å². The summed E-state index contributed by atoms with van der Waals surface area (Å²) in [7, 11) is -18.1. The quantitative estimate of drug-likeness (QED) is 0.0311. The van der Waals surface area contributed by atoms with E-state index in [4.69, 9.17) is 0 Å². The summed E-state index contributed by atoms with van der Waals surface area (Å²) in [4.78, 5) is 14.1. The minimum absolute atomic E-state index is 0.179. The number of aromatic amines is 3. The standard InChI is InChI=1S/C68H68N6O12S4/c1-42(47-11-19-55(20-12-47)87(75,76)77)37-52(39-54(51-17-25-58(26-18-51)90(84,85)86)40-53(50-15-23-57(24-16-50)89(81,82)83)38-43(2)48-13-21-56(22-14-48)88(78,79)80)49-9-7-46(8-10-49)41-74-67(65-28-6-45(4)70-65)35-36-68(74)66-34-33-64(73-66)63-32-31-62(72-63)61-30-29-60(71-61)59-27-5-44(3)69-59/h5-36,42-43,52-54,66,70-73H,37-41H2,1-4H3,(H,75,76,77)(H,78,79,80)(H,81,82,83)(H,84,85,86)/b60-59+,62-61+,64-63+. The van der Waals surface area contributed by atoms with E-state index in [9.17, 15) is 51.9 Å². The molecule has 0 saturated carbocycles. The van der Waals surface area contributed by atoms with Crippen molar-refractivity contribution in [3.8, 4) is 11.4 Å². The second kappa shape index (κ2) is 25.4. The Labute approximate surface area is 522 Å². The molecule has 0 radical (unpaired) electrons. The van der Waals surface area contributed by atoms with Crippen LogP contribution in [-0.2, 0) is 47.0 Å². The summed E-state index contributed by atoms with van der Waals surface area (Å²) < 4.78 is 140. The highest BCUT2D eigenvalue weighted by atomic mass is 32.2. The summed E-state index contributed by atoms with van der Waals surface area (Å²) in [6, 6.07) is 48.9. The normalized spacial score (nSPS) is 17.9. The Morgan fingerprint density at radius 2 is 0.867 bits per heavy atom.